The van der Waals surface area contributed by atoms with Crippen molar-refractivity contribution in [2.24, 2.45) is 0 Å². The zero-order valence-corrected chi connectivity index (χ0v) is 13.5. The summed E-state index contributed by atoms with van der Waals surface area (Å²) in [7, 11) is 1.57. The van der Waals surface area contributed by atoms with E-state index in [-0.39, 0.29) is 24.7 Å². The van der Waals surface area contributed by atoms with Crippen LogP contribution in [0.4, 0.5) is 5.69 Å². The first-order valence-corrected chi connectivity index (χ1v) is 7.12. The summed E-state index contributed by atoms with van der Waals surface area (Å²) < 4.78 is 16.0. The first-order valence-electron chi connectivity index (χ1n) is 6.32. The lowest BCUT2D eigenvalue weighted by atomic mass is 10.1. The minimum atomic E-state index is -0.884. The number of methoxy groups -OCH3 is 1. The van der Waals surface area contributed by atoms with Crippen LogP contribution in [-0.2, 0) is 9.47 Å². The zero-order chi connectivity index (χ0) is 15.8. The number of halogens is 1. The molecular formula is C13H18BrNO6. The van der Waals surface area contributed by atoms with Gasteiger partial charge in [0.2, 0.25) is 5.75 Å². The van der Waals surface area contributed by atoms with Gasteiger partial charge in [0.15, 0.2) is 0 Å². The lowest BCUT2D eigenvalue weighted by Gasteiger charge is -2.14. The van der Waals surface area contributed by atoms with Crippen molar-refractivity contribution >= 4 is 21.6 Å². The summed E-state index contributed by atoms with van der Waals surface area (Å²) in [5.74, 6) is 0.0635. The average Bonchev–Trinajstić information content (AvgIpc) is 2.42. The lowest BCUT2D eigenvalue weighted by molar-refractivity contribution is -0.386. The topological polar surface area (TPSA) is 91.1 Å². The number of hydrogen-bond acceptors (Lipinski definition) is 6. The second-order valence-electron chi connectivity index (χ2n) is 4.23. The van der Waals surface area contributed by atoms with Crippen LogP contribution in [0.25, 0.3) is 0 Å². The van der Waals surface area contributed by atoms with Crippen molar-refractivity contribution in [3.05, 3.63) is 32.3 Å². The molecule has 1 rings (SSSR count). The van der Waals surface area contributed by atoms with E-state index in [2.05, 4.69) is 15.9 Å². The highest BCUT2D eigenvalue weighted by molar-refractivity contribution is 9.10. The number of aliphatic hydroxyl groups excluding tert-OH is 1. The van der Waals surface area contributed by atoms with E-state index >= 15 is 0 Å². The van der Waals surface area contributed by atoms with Gasteiger partial charge in [-0.1, -0.05) is 15.9 Å². The maximum absolute atomic E-state index is 11.1. The molecule has 8 heteroatoms. The molecule has 0 bridgehead atoms. The molecule has 0 saturated heterocycles. The van der Waals surface area contributed by atoms with E-state index in [0.29, 0.717) is 23.2 Å². The third-order valence-electron chi connectivity index (χ3n) is 2.62. The van der Waals surface area contributed by atoms with Crippen LogP contribution in [0.15, 0.2) is 16.6 Å². The molecule has 0 saturated carbocycles. The number of nitro groups is 1. The van der Waals surface area contributed by atoms with E-state index in [1.807, 2.05) is 0 Å². The Bertz CT molecular complexity index is 480. The predicted octanol–water partition coefficient (Wildman–Crippen LogP) is 2.45. The third-order valence-corrected chi connectivity index (χ3v) is 3.07. The highest BCUT2D eigenvalue weighted by atomic mass is 79.9. The molecule has 0 radical (unpaired) electrons. The van der Waals surface area contributed by atoms with Gasteiger partial charge in [0.1, 0.15) is 6.61 Å². The van der Waals surface area contributed by atoms with E-state index in [1.165, 1.54) is 13.0 Å². The normalized spacial score (nSPS) is 12.2. The summed E-state index contributed by atoms with van der Waals surface area (Å²) in [5.41, 5.74) is 0.158. The summed E-state index contributed by atoms with van der Waals surface area (Å²) >= 11 is 3.18. The van der Waals surface area contributed by atoms with Gasteiger partial charge < -0.3 is 19.3 Å². The van der Waals surface area contributed by atoms with Crippen molar-refractivity contribution in [3.8, 4) is 5.75 Å². The van der Waals surface area contributed by atoms with Gasteiger partial charge in [0, 0.05) is 23.2 Å². The number of ether oxygens (including phenoxy) is 3. The highest BCUT2D eigenvalue weighted by Crippen LogP contribution is 2.37. The number of nitrogens with zero attached hydrogens (tertiary/aromatic N) is 1. The average molecular weight is 364 g/mol. The highest BCUT2D eigenvalue weighted by Gasteiger charge is 2.23. The molecule has 0 aliphatic carbocycles. The largest absolute Gasteiger partial charge is 0.484 e. The monoisotopic (exact) mass is 363 g/mol. The molecule has 1 atom stereocenters. The van der Waals surface area contributed by atoms with Crippen LogP contribution in [0.3, 0.4) is 0 Å². The fourth-order valence-electron chi connectivity index (χ4n) is 1.65. The Balaban J connectivity index is 2.80. The second kappa shape index (κ2) is 8.93. The van der Waals surface area contributed by atoms with Gasteiger partial charge in [0.05, 0.1) is 30.8 Å². The molecular weight excluding hydrogens is 346 g/mol. The first kappa shape index (κ1) is 17.8. The number of nitro benzene ring substituents is 1. The van der Waals surface area contributed by atoms with Gasteiger partial charge >= 0.3 is 5.69 Å². The molecule has 21 heavy (non-hydrogen) atoms. The number of hydrogen-bond donors (Lipinski definition) is 1. The Morgan fingerprint density at radius 3 is 2.57 bits per heavy atom. The van der Waals surface area contributed by atoms with E-state index in [1.54, 1.807) is 13.2 Å². The molecule has 0 heterocycles. The van der Waals surface area contributed by atoms with Crippen molar-refractivity contribution in [2.75, 3.05) is 33.5 Å². The summed E-state index contributed by atoms with van der Waals surface area (Å²) in [6, 6.07) is 2.94. The molecule has 1 aromatic rings. The maximum atomic E-state index is 11.1. The van der Waals surface area contributed by atoms with Crippen molar-refractivity contribution < 1.29 is 24.2 Å². The molecule has 1 N–H and O–H groups in total. The minimum absolute atomic E-state index is 0.0635. The van der Waals surface area contributed by atoms with Crippen LogP contribution in [0.1, 0.15) is 18.6 Å². The van der Waals surface area contributed by atoms with Crippen molar-refractivity contribution in [1.82, 2.24) is 0 Å². The van der Waals surface area contributed by atoms with E-state index in [4.69, 9.17) is 14.2 Å². The van der Waals surface area contributed by atoms with E-state index < -0.39 is 11.0 Å². The zero-order valence-electron chi connectivity index (χ0n) is 11.9. The molecule has 0 aliphatic heterocycles. The summed E-state index contributed by atoms with van der Waals surface area (Å²) in [6.45, 7) is 2.83. The maximum Gasteiger partial charge on any atom is 0.312 e. The molecule has 7 nitrogen and oxygen atoms in total. The lowest BCUT2D eigenvalue weighted by Crippen LogP contribution is -2.12. The SMILES string of the molecule is COCCOCCOc1c([C@@H](C)O)cc(Br)cc1[N+](=O)[O-]. The van der Waals surface area contributed by atoms with Crippen LogP contribution in [0, 0.1) is 10.1 Å². The first-order chi connectivity index (χ1) is 9.97. The second-order valence-corrected chi connectivity index (χ2v) is 5.15. The molecule has 118 valence electrons. The quantitative estimate of drug-likeness (QED) is 0.411. The summed E-state index contributed by atoms with van der Waals surface area (Å²) in [6.07, 6.45) is -0.884. The molecule has 0 aromatic heterocycles. The number of aliphatic hydroxyl groups is 1. The summed E-state index contributed by atoms with van der Waals surface area (Å²) in [4.78, 5) is 10.6. The predicted molar refractivity (Wildman–Crippen MR) is 79.6 cm³/mol. The fraction of sp³-hybridized carbons (Fsp3) is 0.538. The molecule has 1 aromatic carbocycles. The molecule has 0 spiro atoms. The van der Waals surface area contributed by atoms with Gasteiger partial charge in [-0.05, 0) is 13.0 Å². The van der Waals surface area contributed by atoms with E-state index in [0.717, 1.165) is 0 Å². The van der Waals surface area contributed by atoms with Crippen LogP contribution >= 0.6 is 15.9 Å². The van der Waals surface area contributed by atoms with Crippen LogP contribution in [-0.4, -0.2) is 43.6 Å². The van der Waals surface area contributed by atoms with Gasteiger partial charge in [-0.25, -0.2) is 0 Å². The van der Waals surface area contributed by atoms with Gasteiger partial charge in [-0.2, -0.15) is 0 Å². The van der Waals surface area contributed by atoms with Gasteiger partial charge in [-0.3, -0.25) is 10.1 Å². The number of rotatable bonds is 9. The standard InChI is InChI=1S/C13H18BrNO6/c1-9(16)11-7-10(14)8-12(15(17)18)13(11)21-6-5-20-4-3-19-2/h7-9,16H,3-6H2,1-2H3/t9-/m1/s1. The van der Waals surface area contributed by atoms with Crippen LogP contribution < -0.4 is 4.74 Å². The third kappa shape index (κ3) is 5.58. The number of benzene rings is 1. The Morgan fingerprint density at radius 2 is 2.00 bits per heavy atom. The van der Waals surface area contributed by atoms with Crippen LogP contribution in [0.5, 0.6) is 5.75 Å². The molecule has 0 aliphatic rings. The van der Waals surface area contributed by atoms with Gasteiger partial charge in [0.25, 0.3) is 0 Å². The van der Waals surface area contributed by atoms with Crippen LogP contribution in [0.2, 0.25) is 0 Å². The van der Waals surface area contributed by atoms with Crippen molar-refractivity contribution in [2.45, 2.75) is 13.0 Å². The Hall–Kier alpha value is -1.22. The summed E-state index contributed by atoms with van der Waals surface area (Å²) in [5, 5.41) is 20.8. The Labute approximate surface area is 131 Å². The molecule has 0 unspecified atom stereocenters. The molecule has 0 fully saturated rings. The Kier molecular flexibility index (Phi) is 7.58. The fourth-order valence-corrected chi connectivity index (χ4v) is 2.11. The van der Waals surface area contributed by atoms with E-state index in [9.17, 15) is 15.2 Å². The smallest absolute Gasteiger partial charge is 0.312 e. The minimum Gasteiger partial charge on any atom is -0.484 e. The van der Waals surface area contributed by atoms with Gasteiger partial charge in [-0.15, -0.1) is 0 Å². The van der Waals surface area contributed by atoms with Crippen molar-refractivity contribution in [1.29, 1.82) is 0 Å². The molecule has 0 amide bonds. The Morgan fingerprint density at radius 1 is 1.33 bits per heavy atom. The van der Waals surface area contributed by atoms with Crippen molar-refractivity contribution in [3.63, 3.8) is 0 Å².